The third-order valence-corrected chi connectivity index (χ3v) is 11.1. The number of ether oxygens (including phenoxy) is 1. The Morgan fingerprint density at radius 1 is 1.09 bits per heavy atom. The highest BCUT2D eigenvalue weighted by molar-refractivity contribution is 5.82. The fraction of sp³-hybridized carbons (Fsp3) is 0.897. The number of ketones is 1. The highest BCUT2D eigenvalue weighted by Gasteiger charge is 2.61. The monoisotopic (exact) mass is 485 g/mol. The van der Waals surface area contributed by atoms with E-state index < -0.39 is 5.60 Å². The van der Waals surface area contributed by atoms with Gasteiger partial charge in [-0.15, -0.1) is 0 Å². The Morgan fingerprint density at radius 3 is 2.69 bits per heavy atom. The quantitative estimate of drug-likeness (QED) is 0.487. The van der Waals surface area contributed by atoms with Gasteiger partial charge in [-0.3, -0.25) is 4.79 Å². The maximum atomic E-state index is 13.5. The topological polar surface area (TPSA) is 77.2 Å². The highest BCUT2D eigenvalue weighted by atomic mass is 16.5. The molecular weight excluding hydrogens is 438 g/mol. The number of hydrogen-bond acceptors (Lipinski definition) is 5. The van der Waals surface area contributed by atoms with Gasteiger partial charge in [0, 0.05) is 12.5 Å². The number of aromatic nitrogens is 3. The Labute approximate surface area is 211 Å². The molecule has 0 saturated heterocycles. The molecule has 0 aliphatic heterocycles. The van der Waals surface area contributed by atoms with Gasteiger partial charge in [0.25, 0.3) is 0 Å². The minimum atomic E-state index is -0.479. The first-order chi connectivity index (χ1) is 16.7. The van der Waals surface area contributed by atoms with Gasteiger partial charge >= 0.3 is 0 Å². The van der Waals surface area contributed by atoms with E-state index >= 15 is 0 Å². The van der Waals surface area contributed by atoms with Crippen molar-refractivity contribution in [2.24, 2.45) is 40.4 Å². The van der Waals surface area contributed by atoms with Crippen molar-refractivity contribution in [1.29, 1.82) is 0 Å². The predicted molar refractivity (Wildman–Crippen MR) is 135 cm³/mol. The average Bonchev–Trinajstić information content (AvgIpc) is 3.40. The van der Waals surface area contributed by atoms with Gasteiger partial charge in [-0.25, -0.2) is 0 Å². The molecule has 6 heteroatoms. The van der Waals surface area contributed by atoms with Crippen LogP contribution in [0.15, 0.2) is 6.20 Å². The number of nitrogens with zero attached hydrogens (tertiary/aromatic N) is 3. The maximum absolute atomic E-state index is 13.5. The Bertz CT molecular complexity index is 913. The summed E-state index contributed by atoms with van der Waals surface area (Å²) in [5.41, 5.74) is 0.804. The normalized spacial score (nSPS) is 42.8. The smallest absolute Gasteiger partial charge is 0.159 e. The molecule has 1 N–H and O–H groups in total. The van der Waals surface area contributed by atoms with Crippen LogP contribution in [0, 0.1) is 40.4 Å². The van der Waals surface area contributed by atoms with Crippen molar-refractivity contribution in [1.82, 2.24) is 15.0 Å². The molecule has 0 spiro atoms. The van der Waals surface area contributed by atoms with Crippen LogP contribution in [0.4, 0.5) is 0 Å². The molecule has 35 heavy (non-hydrogen) atoms. The van der Waals surface area contributed by atoms with E-state index in [1.807, 2.05) is 6.92 Å². The van der Waals surface area contributed by atoms with Crippen molar-refractivity contribution < 1.29 is 14.6 Å². The molecular formula is C29H47N3O3. The van der Waals surface area contributed by atoms with Crippen LogP contribution in [0.2, 0.25) is 0 Å². The van der Waals surface area contributed by atoms with Crippen LogP contribution in [-0.4, -0.2) is 38.1 Å². The molecule has 4 fully saturated rings. The first-order valence-electron chi connectivity index (χ1n) is 14.4. The minimum Gasteiger partial charge on any atom is -0.390 e. The van der Waals surface area contributed by atoms with Crippen LogP contribution >= 0.6 is 0 Å². The molecule has 4 saturated carbocycles. The molecule has 1 aromatic rings. The first-order valence-corrected chi connectivity index (χ1v) is 14.4. The van der Waals surface area contributed by atoms with E-state index in [1.165, 1.54) is 25.7 Å². The number of Topliss-reactive ketones (excluding diaryl/α,β-unsaturated/α-hetero) is 1. The molecule has 1 aromatic heterocycles. The van der Waals surface area contributed by atoms with Gasteiger partial charge in [-0.1, -0.05) is 27.2 Å². The van der Waals surface area contributed by atoms with Crippen molar-refractivity contribution >= 4 is 5.78 Å². The van der Waals surface area contributed by atoms with Gasteiger partial charge in [0.15, 0.2) is 5.78 Å². The number of aliphatic hydroxyl groups is 1. The number of carbonyl (C=O) groups excluding carboxylic acids is 1. The standard InChI is InChI=1S/C29H47N3O3/c1-5-6-15-35-19-21-17-30-32(31-21)18-26(33)25-10-9-23-22-8-7-20-16-27(2,34)13-14-28(20,3)24(22)11-12-29(23,25)4/h17,20,22-25,34H,5-16,18-19H2,1-4H3/t20-,22-,23-,24-,25+,27+,28-,29-/m0/s1. The van der Waals surface area contributed by atoms with Gasteiger partial charge in [-0.05, 0) is 106 Å². The highest BCUT2D eigenvalue weighted by Crippen LogP contribution is 2.68. The molecule has 0 aromatic carbocycles. The Kier molecular flexibility index (Phi) is 6.93. The zero-order valence-electron chi connectivity index (χ0n) is 22.5. The Morgan fingerprint density at radius 2 is 1.89 bits per heavy atom. The van der Waals surface area contributed by atoms with Crippen molar-refractivity contribution in [3.8, 4) is 0 Å². The van der Waals surface area contributed by atoms with E-state index in [0.717, 1.165) is 69.1 Å². The summed E-state index contributed by atoms with van der Waals surface area (Å²) in [4.78, 5) is 15.1. The van der Waals surface area contributed by atoms with E-state index in [4.69, 9.17) is 4.74 Å². The largest absolute Gasteiger partial charge is 0.390 e. The van der Waals surface area contributed by atoms with Gasteiger partial charge in [0.2, 0.25) is 0 Å². The number of unbranched alkanes of at least 4 members (excludes halogenated alkanes) is 1. The molecule has 0 amide bonds. The van der Waals surface area contributed by atoms with Crippen molar-refractivity contribution in [2.45, 2.75) is 117 Å². The second-order valence-corrected chi connectivity index (χ2v) is 13.3. The first kappa shape index (κ1) is 25.4. The van der Waals surface area contributed by atoms with Crippen LogP contribution in [0.5, 0.6) is 0 Å². The van der Waals surface area contributed by atoms with Crippen LogP contribution in [0.3, 0.4) is 0 Å². The molecule has 5 rings (SSSR count). The molecule has 4 aliphatic carbocycles. The fourth-order valence-corrected chi connectivity index (χ4v) is 9.11. The summed E-state index contributed by atoms with van der Waals surface area (Å²) in [5, 5.41) is 19.6. The summed E-state index contributed by atoms with van der Waals surface area (Å²) >= 11 is 0. The summed E-state index contributed by atoms with van der Waals surface area (Å²) in [5.74, 6) is 3.25. The van der Waals surface area contributed by atoms with E-state index in [0.29, 0.717) is 29.6 Å². The molecule has 0 unspecified atom stereocenters. The van der Waals surface area contributed by atoms with E-state index in [-0.39, 0.29) is 17.9 Å². The third-order valence-electron chi connectivity index (χ3n) is 11.1. The molecule has 8 atom stereocenters. The van der Waals surface area contributed by atoms with E-state index in [9.17, 15) is 9.90 Å². The summed E-state index contributed by atoms with van der Waals surface area (Å²) in [7, 11) is 0. The Balaban J connectivity index is 1.23. The number of hydrogen-bond donors (Lipinski definition) is 1. The van der Waals surface area contributed by atoms with Gasteiger partial charge < -0.3 is 9.84 Å². The summed E-state index contributed by atoms with van der Waals surface area (Å²) in [6, 6.07) is 0. The lowest BCUT2D eigenvalue weighted by molar-refractivity contribution is -0.151. The molecule has 1 heterocycles. The molecule has 4 aliphatic rings. The second kappa shape index (κ2) is 9.55. The van der Waals surface area contributed by atoms with Gasteiger partial charge in [-0.2, -0.15) is 15.0 Å². The zero-order chi connectivity index (χ0) is 24.8. The SMILES string of the molecule is CCCCOCc1cnn(CC(=O)[C@H]2CC[C@H]3[C@@H]4CC[C@H]5C[C@](C)(O)CC[C@]5(C)[C@H]4CC[C@]23C)n1. The van der Waals surface area contributed by atoms with Crippen LogP contribution in [0.1, 0.15) is 104 Å². The van der Waals surface area contributed by atoms with Gasteiger partial charge in [0.05, 0.1) is 18.4 Å². The van der Waals surface area contributed by atoms with Crippen molar-refractivity contribution in [3.63, 3.8) is 0 Å². The Hall–Kier alpha value is -1.27. The minimum absolute atomic E-state index is 0.112. The molecule has 0 bridgehead atoms. The van der Waals surface area contributed by atoms with E-state index in [1.54, 1.807) is 11.0 Å². The average molecular weight is 486 g/mol. The summed E-state index contributed by atoms with van der Waals surface area (Å²) < 4.78 is 5.66. The molecule has 6 nitrogen and oxygen atoms in total. The third kappa shape index (κ3) is 4.63. The van der Waals surface area contributed by atoms with E-state index in [2.05, 4.69) is 31.0 Å². The number of carbonyl (C=O) groups is 1. The maximum Gasteiger partial charge on any atom is 0.159 e. The molecule has 196 valence electrons. The lowest BCUT2D eigenvalue weighted by Gasteiger charge is -2.61. The lowest BCUT2D eigenvalue weighted by atomic mass is 9.44. The fourth-order valence-electron chi connectivity index (χ4n) is 9.11. The van der Waals surface area contributed by atoms with Crippen LogP contribution < -0.4 is 0 Å². The van der Waals surface area contributed by atoms with Gasteiger partial charge in [0.1, 0.15) is 12.2 Å². The lowest BCUT2D eigenvalue weighted by Crippen LogP contribution is -2.55. The van der Waals surface area contributed by atoms with Crippen LogP contribution in [-0.2, 0) is 22.7 Å². The number of fused-ring (bicyclic) bond motifs is 5. The van der Waals surface area contributed by atoms with Crippen molar-refractivity contribution in [3.05, 3.63) is 11.9 Å². The summed E-state index contributed by atoms with van der Waals surface area (Å²) in [6.07, 6.45) is 14.1. The summed E-state index contributed by atoms with van der Waals surface area (Å²) in [6.45, 7) is 10.6. The predicted octanol–water partition coefficient (Wildman–Crippen LogP) is 5.57. The second-order valence-electron chi connectivity index (χ2n) is 13.3. The zero-order valence-corrected chi connectivity index (χ0v) is 22.5. The van der Waals surface area contributed by atoms with Crippen LogP contribution in [0.25, 0.3) is 0 Å². The number of rotatable bonds is 8. The van der Waals surface area contributed by atoms with Crippen molar-refractivity contribution in [2.75, 3.05) is 6.61 Å². The molecule has 0 radical (unpaired) electrons.